The molecular weight excluding hydrogens is 338 g/mol. The van der Waals surface area contributed by atoms with Gasteiger partial charge in [0.25, 0.3) is 10.9 Å². The standard InChI is InChI=1S/C15H14ClN3O5/c1-7-10(15(21)24-2)11(12(13(16)20)14(17)18-7)8-4-3-5-9(6-8)19(22)23/h3-6,11,18H,17H2,1-2H3. The number of nitro groups is 1. The lowest BCUT2D eigenvalue weighted by Gasteiger charge is -2.29. The summed E-state index contributed by atoms with van der Waals surface area (Å²) >= 11 is 5.63. The van der Waals surface area contributed by atoms with E-state index in [1.54, 1.807) is 13.0 Å². The zero-order chi connectivity index (χ0) is 18.0. The zero-order valence-electron chi connectivity index (χ0n) is 12.8. The van der Waals surface area contributed by atoms with Crippen LogP contribution in [0.3, 0.4) is 0 Å². The van der Waals surface area contributed by atoms with Crippen molar-refractivity contribution in [1.29, 1.82) is 0 Å². The van der Waals surface area contributed by atoms with Crippen LogP contribution in [0.2, 0.25) is 0 Å². The highest BCUT2D eigenvalue weighted by atomic mass is 35.5. The summed E-state index contributed by atoms with van der Waals surface area (Å²) in [7, 11) is 1.19. The molecule has 2 rings (SSSR count). The van der Waals surface area contributed by atoms with Crippen LogP contribution in [0.4, 0.5) is 5.69 Å². The summed E-state index contributed by atoms with van der Waals surface area (Å²) in [6.45, 7) is 1.58. The van der Waals surface area contributed by atoms with E-state index in [2.05, 4.69) is 5.32 Å². The lowest BCUT2D eigenvalue weighted by Crippen LogP contribution is -2.34. The second-order valence-electron chi connectivity index (χ2n) is 5.04. The third-order valence-electron chi connectivity index (χ3n) is 3.63. The molecule has 3 N–H and O–H groups in total. The Balaban J connectivity index is 2.72. The number of nitrogens with one attached hydrogen (secondary N) is 1. The molecule has 1 aromatic rings. The molecule has 0 aromatic heterocycles. The molecule has 1 heterocycles. The number of carbonyl (C=O) groups excluding carboxylic acids is 2. The Bertz CT molecular complexity index is 800. The number of nitrogens with zero attached hydrogens (tertiary/aromatic N) is 1. The number of benzene rings is 1. The van der Waals surface area contributed by atoms with Gasteiger partial charge in [0, 0.05) is 17.8 Å². The minimum atomic E-state index is -0.969. The van der Waals surface area contributed by atoms with Crippen molar-refractivity contribution in [2.75, 3.05) is 7.11 Å². The average Bonchev–Trinajstić information content (AvgIpc) is 2.53. The minimum Gasteiger partial charge on any atom is -0.466 e. The lowest BCUT2D eigenvalue weighted by molar-refractivity contribution is -0.384. The number of non-ortho nitro benzene ring substituents is 1. The van der Waals surface area contributed by atoms with Gasteiger partial charge in [0.2, 0.25) is 0 Å². The SMILES string of the molecule is COC(=O)C1=C(C)NC(N)=C(C(=O)Cl)C1c1cccc([N+](=O)[O-])c1. The number of hydrogen-bond acceptors (Lipinski definition) is 7. The van der Waals surface area contributed by atoms with E-state index in [-0.39, 0.29) is 22.7 Å². The predicted octanol–water partition coefficient (Wildman–Crippen LogP) is 1.66. The molecule has 1 aromatic carbocycles. The molecule has 0 saturated carbocycles. The van der Waals surface area contributed by atoms with Crippen molar-refractivity contribution in [3.8, 4) is 0 Å². The normalized spacial score (nSPS) is 17.4. The van der Waals surface area contributed by atoms with E-state index in [4.69, 9.17) is 22.1 Å². The highest BCUT2D eigenvalue weighted by Crippen LogP contribution is 2.39. The number of esters is 1. The molecule has 0 bridgehead atoms. The van der Waals surface area contributed by atoms with Crippen molar-refractivity contribution in [3.63, 3.8) is 0 Å². The van der Waals surface area contributed by atoms with E-state index in [1.807, 2.05) is 0 Å². The van der Waals surface area contributed by atoms with Gasteiger partial charge in [-0.25, -0.2) is 4.79 Å². The molecule has 8 nitrogen and oxygen atoms in total. The number of allylic oxidation sites excluding steroid dienone is 2. The van der Waals surface area contributed by atoms with Gasteiger partial charge in [0.1, 0.15) is 5.82 Å². The molecule has 1 aliphatic rings. The van der Waals surface area contributed by atoms with Gasteiger partial charge < -0.3 is 15.8 Å². The van der Waals surface area contributed by atoms with Crippen LogP contribution in [0.1, 0.15) is 18.4 Å². The Morgan fingerprint density at radius 1 is 1.38 bits per heavy atom. The molecule has 0 saturated heterocycles. The van der Waals surface area contributed by atoms with Gasteiger partial charge in [-0.15, -0.1) is 0 Å². The van der Waals surface area contributed by atoms with Crippen molar-refractivity contribution in [2.24, 2.45) is 5.73 Å². The smallest absolute Gasteiger partial charge is 0.336 e. The highest BCUT2D eigenvalue weighted by Gasteiger charge is 2.37. The molecule has 0 amide bonds. The summed E-state index contributed by atoms with van der Waals surface area (Å²) in [5.41, 5.74) is 6.40. The van der Waals surface area contributed by atoms with E-state index < -0.39 is 22.1 Å². The maximum Gasteiger partial charge on any atom is 0.336 e. The quantitative estimate of drug-likeness (QED) is 0.366. The monoisotopic (exact) mass is 351 g/mol. The van der Waals surface area contributed by atoms with Crippen molar-refractivity contribution < 1.29 is 19.2 Å². The highest BCUT2D eigenvalue weighted by molar-refractivity contribution is 6.68. The molecule has 0 spiro atoms. The van der Waals surface area contributed by atoms with Crippen molar-refractivity contribution in [2.45, 2.75) is 12.8 Å². The third kappa shape index (κ3) is 3.09. The molecule has 1 aliphatic heterocycles. The molecule has 9 heteroatoms. The summed E-state index contributed by atoms with van der Waals surface area (Å²) < 4.78 is 4.76. The number of methoxy groups -OCH3 is 1. The Labute approximate surface area is 142 Å². The molecule has 24 heavy (non-hydrogen) atoms. The second kappa shape index (κ2) is 6.71. The van der Waals surface area contributed by atoms with Gasteiger partial charge in [-0.3, -0.25) is 14.9 Å². The Hall–Kier alpha value is -2.87. The molecule has 1 atom stereocenters. The topological polar surface area (TPSA) is 125 Å². The van der Waals surface area contributed by atoms with Gasteiger partial charge in [-0.1, -0.05) is 12.1 Å². The predicted molar refractivity (Wildman–Crippen MR) is 85.8 cm³/mol. The lowest BCUT2D eigenvalue weighted by atomic mass is 9.81. The van der Waals surface area contributed by atoms with Gasteiger partial charge >= 0.3 is 5.97 Å². The van der Waals surface area contributed by atoms with E-state index in [9.17, 15) is 19.7 Å². The number of carbonyl (C=O) groups is 2. The van der Waals surface area contributed by atoms with Crippen LogP contribution < -0.4 is 11.1 Å². The largest absolute Gasteiger partial charge is 0.466 e. The Kier molecular flexibility index (Phi) is 4.89. The fraction of sp³-hybridized carbons (Fsp3) is 0.200. The zero-order valence-corrected chi connectivity index (χ0v) is 13.6. The Morgan fingerprint density at radius 3 is 2.58 bits per heavy atom. The van der Waals surface area contributed by atoms with E-state index >= 15 is 0 Å². The van der Waals surface area contributed by atoms with E-state index in [0.29, 0.717) is 11.3 Å². The van der Waals surface area contributed by atoms with Crippen LogP contribution in [0.5, 0.6) is 0 Å². The van der Waals surface area contributed by atoms with Crippen molar-refractivity contribution in [3.05, 3.63) is 62.6 Å². The molecular formula is C15H14ClN3O5. The van der Waals surface area contributed by atoms with Crippen LogP contribution in [-0.2, 0) is 14.3 Å². The second-order valence-corrected chi connectivity index (χ2v) is 5.38. The molecule has 1 unspecified atom stereocenters. The van der Waals surface area contributed by atoms with E-state index in [1.165, 1.54) is 25.3 Å². The summed E-state index contributed by atoms with van der Waals surface area (Å²) in [6, 6.07) is 5.56. The Morgan fingerprint density at radius 2 is 2.04 bits per heavy atom. The van der Waals surface area contributed by atoms with Crippen LogP contribution in [0.15, 0.2) is 46.9 Å². The summed E-state index contributed by atoms with van der Waals surface area (Å²) in [6.07, 6.45) is 0. The number of dihydropyridines is 1. The summed E-state index contributed by atoms with van der Waals surface area (Å²) in [4.78, 5) is 34.5. The maximum atomic E-state index is 12.2. The van der Waals surface area contributed by atoms with Gasteiger partial charge in [-0.2, -0.15) is 0 Å². The molecule has 0 fully saturated rings. The number of rotatable bonds is 4. The summed E-state index contributed by atoms with van der Waals surface area (Å²) in [5, 5.41) is 12.9. The average molecular weight is 352 g/mol. The number of halogens is 1. The molecule has 0 aliphatic carbocycles. The fourth-order valence-corrected chi connectivity index (χ4v) is 2.82. The minimum absolute atomic E-state index is 0.0170. The fourth-order valence-electron chi connectivity index (χ4n) is 2.60. The number of hydrogen-bond donors (Lipinski definition) is 2. The number of nitrogens with two attached hydrogens (primary N) is 1. The first-order valence-electron chi connectivity index (χ1n) is 6.77. The molecule has 126 valence electrons. The van der Waals surface area contributed by atoms with Crippen molar-refractivity contribution in [1.82, 2.24) is 5.32 Å². The van der Waals surface area contributed by atoms with Crippen LogP contribution in [0.25, 0.3) is 0 Å². The van der Waals surface area contributed by atoms with E-state index in [0.717, 1.165) is 0 Å². The van der Waals surface area contributed by atoms with Crippen molar-refractivity contribution >= 4 is 28.5 Å². The first kappa shape index (κ1) is 17.5. The van der Waals surface area contributed by atoms with Gasteiger partial charge in [0.05, 0.1) is 29.1 Å². The number of ether oxygens (including phenoxy) is 1. The first-order valence-corrected chi connectivity index (χ1v) is 7.15. The third-order valence-corrected chi connectivity index (χ3v) is 3.83. The maximum absolute atomic E-state index is 12.2. The number of nitro benzene ring substituents is 1. The van der Waals surface area contributed by atoms with Gasteiger partial charge in [-0.05, 0) is 24.1 Å². The van der Waals surface area contributed by atoms with Gasteiger partial charge in [0.15, 0.2) is 0 Å². The molecule has 0 radical (unpaired) electrons. The summed E-state index contributed by atoms with van der Waals surface area (Å²) in [5.74, 6) is -1.68. The van der Waals surface area contributed by atoms with Crippen LogP contribution >= 0.6 is 11.6 Å². The first-order chi connectivity index (χ1) is 11.3. The van der Waals surface area contributed by atoms with Crippen LogP contribution in [-0.4, -0.2) is 23.2 Å². The van der Waals surface area contributed by atoms with Crippen LogP contribution in [0, 0.1) is 10.1 Å².